The third-order valence-corrected chi connectivity index (χ3v) is 6.79. The van der Waals surface area contributed by atoms with Crippen LogP contribution in [0.5, 0.6) is 11.5 Å². The van der Waals surface area contributed by atoms with Gasteiger partial charge in [0, 0.05) is 38.9 Å². The number of rotatable bonds is 7. The summed E-state index contributed by atoms with van der Waals surface area (Å²) in [5, 5.41) is 0. The molecule has 2 fully saturated rings. The summed E-state index contributed by atoms with van der Waals surface area (Å²) < 4.78 is 24.2. The van der Waals surface area contributed by atoms with Crippen molar-refractivity contribution in [2.45, 2.75) is 31.1 Å². The van der Waals surface area contributed by atoms with Gasteiger partial charge in [0.1, 0.15) is 17.3 Å². The van der Waals surface area contributed by atoms with E-state index in [9.17, 15) is 18.8 Å². The molecule has 0 saturated carbocycles. The van der Waals surface area contributed by atoms with Gasteiger partial charge in [0.25, 0.3) is 0 Å². The fourth-order valence-corrected chi connectivity index (χ4v) is 4.82. The number of halogens is 1. The van der Waals surface area contributed by atoms with E-state index < -0.39 is 5.41 Å². The molecule has 0 aromatic heterocycles. The van der Waals surface area contributed by atoms with E-state index in [1.54, 1.807) is 41.3 Å². The number of ether oxygens (including phenoxy) is 2. The molecule has 0 bridgehead atoms. The molecule has 8 heteroatoms. The lowest BCUT2D eigenvalue weighted by atomic mass is 9.75. The second-order valence-corrected chi connectivity index (χ2v) is 9.04. The standard InChI is InChI=1S/C26H29FN2O5/c1-28-23(30)14-26(25(28)32,19-6-3-7-22(13-19)33-2)15-24(31)29-12-4-5-18(16-29)17-34-21-10-8-20(27)9-11-21/h3,6-11,13,18H,4-5,12,14-17H2,1-2H3/t18-,26+/m0/s1. The lowest BCUT2D eigenvalue weighted by Gasteiger charge is -2.35. The second-order valence-electron chi connectivity index (χ2n) is 9.04. The van der Waals surface area contributed by atoms with E-state index in [2.05, 4.69) is 0 Å². The van der Waals surface area contributed by atoms with Gasteiger partial charge in [0.05, 0.1) is 19.1 Å². The Bertz CT molecular complexity index is 1070. The molecule has 2 aliphatic rings. The number of imide groups is 1. The Morgan fingerprint density at radius 2 is 1.91 bits per heavy atom. The van der Waals surface area contributed by atoms with Crippen molar-refractivity contribution in [1.29, 1.82) is 0 Å². The van der Waals surface area contributed by atoms with Gasteiger partial charge in [-0.3, -0.25) is 19.3 Å². The van der Waals surface area contributed by atoms with Crippen molar-refractivity contribution >= 4 is 17.7 Å². The minimum Gasteiger partial charge on any atom is -0.497 e. The quantitative estimate of drug-likeness (QED) is 0.584. The Balaban J connectivity index is 1.48. The first kappa shape index (κ1) is 23.7. The van der Waals surface area contributed by atoms with Gasteiger partial charge in [-0.2, -0.15) is 0 Å². The number of piperidine rings is 1. The first-order valence-corrected chi connectivity index (χ1v) is 11.4. The summed E-state index contributed by atoms with van der Waals surface area (Å²) in [5.74, 6) is 0.120. The summed E-state index contributed by atoms with van der Waals surface area (Å²) in [6.07, 6.45) is 1.60. The molecule has 180 valence electrons. The molecule has 0 spiro atoms. The van der Waals surface area contributed by atoms with Gasteiger partial charge in [-0.15, -0.1) is 0 Å². The number of likely N-dealkylation sites (tertiary alicyclic amines) is 2. The van der Waals surface area contributed by atoms with Gasteiger partial charge in [-0.1, -0.05) is 12.1 Å². The van der Waals surface area contributed by atoms with Gasteiger partial charge in [0.15, 0.2) is 0 Å². The molecule has 2 saturated heterocycles. The summed E-state index contributed by atoms with van der Waals surface area (Å²) in [6, 6.07) is 12.9. The van der Waals surface area contributed by atoms with Crippen LogP contribution in [0.1, 0.15) is 31.2 Å². The summed E-state index contributed by atoms with van der Waals surface area (Å²) in [4.78, 5) is 42.0. The van der Waals surface area contributed by atoms with Crippen LogP contribution in [0.4, 0.5) is 4.39 Å². The molecule has 0 unspecified atom stereocenters. The molecule has 7 nitrogen and oxygen atoms in total. The van der Waals surface area contributed by atoms with E-state index in [4.69, 9.17) is 9.47 Å². The average molecular weight is 469 g/mol. The predicted molar refractivity (Wildman–Crippen MR) is 123 cm³/mol. The number of amides is 3. The second kappa shape index (κ2) is 9.83. The number of nitrogens with zero attached hydrogens (tertiary/aromatic N) is 2. The molecule has 0 aliphatic carbocycles. The summed E-state index contributed by atoms with van der Waals surface area (Å²) in [6.45, 7) is 1.51. The highest BCUT2D eigenvalue weighted by molar-refractivity contribution is 6.10. The molecule has 2 atom stereocenters. The number of carbonyl (C=O) groups excluding carboxylic acids is 3. The van der Waals surface area contributed by atoms with Crippen molar-refractivity contribution < 1.29 is 28.2 Å². The van der Waals surface area contributed by atoms with E-state index in [-0.39, 0.29) is 42.3 Å². The van der Waals surface area contributed by atoms with Crippen LogP contribution in [0.2, 0.25) is 0 Å². The first-order valence-electron chi connectivity index (χ1n) is 11.4. The minimum absolute atomic E-state index is 0.0494. The van der Waals surface area contributed by atoms with E-state index in [1.165, 1.54) is 26.3 Å². The smallest absolute Gasteiger partial charge is 0.240 e. The fraction of sp³-hybridized carbons (Fsp3) is 0.423. The fourth-order valence-electron chi connectivity index (χ4n) is 4.82. The van der Waals surface area contributed by atoms with Crippen LogP contribution in [0.3, 0.4) is 0 Å². The topological polar surface area (TPSA) is 76.2 Å². The van der Waals surface area contributed by atoms with Gasteiger partial charge in [-0.05, 0) is 54.8 Å². The van der Waals surface area contributed by atoms with Crippen molar-refractivity contribution in [2.24, 2.45) is 5.92 Å². The molecular weight excluding hydrogens is 439 g/mol. The van der Waals surface area contributed by atoms with Crippen LogP contribution in [-0.2, 0) is 19.8 Å². The van der Waals surface area contributed by atoms with Gasteiger partial charge < -0.3 is 14.4 Å². The zero-order valence-corrected chi connectivity index (χ0v) is 19.5. The zero-order chi connectivity index (χ0) is 24.3. The normalized spacial score (nSPS) is 22.7. The number of hydrogen-bond acceptors (Lipinski definition) is 5. The molecule has 34 heavy (non-hydrogen) atoms. The predicted octanol–water partition coefficient (Wildman–Crippen LogP) is 3.17. The van der Waals surface area contributed by atoms with E-state index in [0.29, 0.717) is 36.8 Å². The van der Waals surface area contributed by atoms with Crippen molar-refractivity contribution in [3.05, 3.63) is 59.9 Å². The first-order chi connectivity index (χ1) is 16.3. The van der Waals surface area contributed by atoms with Gasteiger partial charge in [0.2, 0.25) is 17.7 Å². The zero-order valence-electron chi connectivity index (χ0n) is 19.5. The number of benzene rings is 2. The maximum absolute atomic E-state index is 13.4. The Morgan fingerprint density at radius 1 is 1.15 bits per heavy atom. The average Bonchev–Trinajstić information content (AvgIpc) is 3.08. The molecule has 2 aromatic rings. The van der Waals surface area contributed by atoms with Crippen LogP contribution in [-0.4, -0.2) is 61.4 Å². The SMILES string of the molecule is COc1cccc([C@]2(CC(=O)N3CCC[C@H](COc4ccc(F)cc4)C3)CC(=O)N(C)C2=O)c1. The molecule has 2 aliphatic heterocycles. The summed E-state index contributed by atoms with van der Waals surface area (Å²) in [5.41, 5.74) is -0.634. The number of likely N-dealkylation sites (N-methyl/N-ethyl adjacent to an activating group) is 1. The Kier molecular flexibility index (Phi) is 6.86. The van der Waals surface area contributed by atoms with Gasteiger partial charge >= 0.3 is 0 Å². The van der Waals surface area contributed by atoms with Crippen LogP contribution < -0.4 is 9.47 Å². The molecule has 0 N–H and O–H groups in total. The maximum atomic E-state index is 13.4. The number of hydrogen-bond donors (Lipinski definition) is 0. The van der Waals surface area contributed by atoms with Crippen molar-refractivity contribution in [1.82, 2.24) is 9.80 Å². The van der Waals surface area contributed by atoms with Gasteiger partial charge in [-0.25, -0.2) is 4.39 Å². The molecular formula is C26H29FN2O5. The largest absolute Gasteiger partial charge is 0.497 e. The molecule has 4 rings (SSSR count). The Hall–Kier alpha value is -3.42. The highest BCUT2D eigenvalue weighted by atomic mass is 19.1. The van der Waals surface area contributed by atoms with Crippen molar-refractivity contribution in [3.63, 3.8) is 0 Å². The lowest BCUT2D eigenvalue weighted by molar-refractivity contribution is -0.142. The number of carbonyl (C=O) groups is 3. The third kappa shape index (κ3) is 4.76. The van der Waals surface area contributed by atoms with E-state index in [1.807, 2.05) is 0 Å². The molecule has 0 radical (unpaired) electrons. The molecule has 2 aromatic carbocycles. The Labute approximate surface area is 198 Å². The van der Waals surface area contributed by atoms with Crippen LogP contribution in [0, 0.1) is 11.7 Å². The van der Waals surface area contributed by atoms with Crippen LogP contribution >= 0.6 is 0 Å². The highest BCUT2D eigenvalue weighted by Gasteiger charge is 2.53. The van der Waals surface area contributed by atoms with Crippen molar-refractivity contribution in [2.75, 3.05) is 33.9 Å². The van der Waals surface area contributed by atoms with E-state index in [0.717, 1.165) is 17.7 Å². The maximum Gasteiger partial charge on any atom is 0.240 e. The summed E-state index contributed by atoms with van der Waals surface area (Å²) in [7, 11) is 2.99. The minimum atomic E-state index is -1.24. The molecule has 2 heterocycles. The van der Waals surface area contributed by atoms with E-state index >= 15 is 0 Å². The third-order valence-electron chi connectivity index (χ3n) is 6.79. The summed E-state index contributed by atoms with van der Waals surface area (Å²) >= 11 is 0. The lowest BCUT2D eigenvalue weighted by Crippen LogP contribution is -2.46. The molecule has 3 amide bonds. The van der Waals surface area contributed by atoms with Crippen LogP contribution in [0.15, 0.2) is 48.5 Å². The highest BCUT2D eigenvalue weighted by Crippen LogP contribution is 2.41. The monoisotopic (exact) mass is 468 g/mol. The van der Waals surface area contributed by atoms with Crippen LogP contribution in [0.25, 0.3) is 0 Å². The Morgan fingerprint density at radius 3 is 2.59 bits per heavy atom. The van der Waals surface area contributed by atoms with Crippen molar-refractivity contribution in [3.8, 4) is 11.5 Å². The number of methoxy groups -OCH3 is 1.